The topological polar surface area (TPSA) is 147 Å². The van der Waals surface area contributed by atoms with Gasteiger partial charge in [-0.2, -0.15) is 10.1 Å². The van der Waals surface area contributed by atoms with E-state index in [1.165, 1.54) is 24.2 Å². The van der Waals surface area contributed by atoms with Gasteiger partial charge in [0.25, 0.3) is 11.6 Å². The van der Waals surface area contributed by atoms with Crippen LogP contribution >= 0.6 is 0 Å². The highest BCUT2D eigenvalue weighted by Gasteiger charge is 2.34. The number of allylic oxidation sites excluding steroid dienone is 1. The van der Waals surface area contributed by atoms with Crippen molar-refractivity contribution in [1.82, 2.24) is 14.8 Å². The second-order valence-corrected chi connectivity index (χ2v) is 6.73. The maximum atomic E-state index is 13.3. The number of fused-ring (bicyclic) bond motifs is 1. The lowest BCUT2D eigenvalue weighted by atomic mass is 9.94. The Kier molecular flexibility index (Phi) is 4.99. The van der Waals surface area contributed by atoms with E-state index in [0.29, 0.717) is 28.6 Å². The number of benzene rings is 2. The first-order valence-electron chi connectivity index (χ1n) is 9.17. The van der Waals surface area contributed by atoms with E-state index in [9.17, 15) is 20.0 Å². The molecular weight excluding hydrogens is 404 g/mol. The first-order valence-corrected chi connectivity index (χ1v) is 9.17. The van der Waals surface area contributed by atoms with Gasteiger partial charge in [-0.25, -0.2) is 4.68 Å². The number of ether oxygens (including phenoxy) is 1. The highest BCUT2D eigenvalue weighted by Crippen LogP contribution is 2.38. The molecule has 0 bridgehead atoms. The van der Waals surface area contributed by atoms with Gasteiger partial charge in [0, 0.05) is 11.8 Å². The number of rotatable bonds is 5. The fraction of sp³-hybridized carbons (Fsp3) is 0.150. The number of carbonyl (C=O) groups is 1. The number of amides is 1. The molecule has 2 aromatic carbocycles. The van der Waals surface area contributed by atoms with E-state index in [1.807, 2.05) is 0 Å². The molecule has 11 heteroatoms. The quantitative estimate of drug-likeness (QED) is 0.471. The van der Waals surface area contributed by atoms with Crippen LogP contribution < -0.4 is 20.5 Å². The molecule has 1 aliphatic rings. The lowest BCUT2D eigenvalue weighted by molar-refractivity contribution is -0.398. The zero-order valence-electron chi connectivity index (χ0n) is 16.5. The molecule has 2 N–H and O–H groups in total. The summed E-state index contributed by atoms with van der Waals surface area (Å²) in [6.07, 6.45) is 1.31. The van der Waals surface area contributed by atoms with Crippen LogP contribution in [0.15, 0.2) is 60.1 Å². The summed E-state index contributed by atoms with van der Waals surface area (Å²) < 4.78 is 6.73. The van der Waals surface area contributed by atoms with E-state index in [1.54, 1.807) is 31.2 Å². The van der Waals surface area contributed by atoms with Gasteiger partial charge in [0.05, 0.1) is 23.3 Å². The molecule has 0 saturated carbocycles. The molecule has 1 aliphatic heterocycles. The normalized spacial score (nSPS) is 15.1. The Balaban J connectivity index is 1.81. The molecule has 0 radical (unpaired) electrons. The second kappa shape index (κ2) is 7.78. The predicted molar refractivity (Wildman–Crippen MR) is 109 cm³/mol. The van der Waals surface area contributed by atoms with Crippen LogP contribution in [-0.2, 0) is 4.79 Å². The molecule has 158 valence electrons. The van der Waals surface area contributed by atoms with Crippen molar-refractivity contribution in [2.45, 2.75) is 13.0 Å². The van der Waals surface area contributed by atoms with Crippen LogP contribution in [0.5, 0.6) is 11.5 Å². The van der Waals surface area contributed by atoms with E-state index in [0.717, 1.165) is 12.1 Å². The van der Waals surface area contributed by atoms with Crippen LogP contribution in [0.25, 0.3) is 0 Å². The van der Waals surface area contributed by atoms with Gasteiger partial charge < -0.3 is 20.5 Å². The van der Waals surface area contributed by atoms with Gasteiger partial charge in [0.1, 0.15) is 18.1 Å². The molecule has 0 fully saturated rings. The summed E-state index contributed by atoms with van der Waals surface area (Å²) in [5.41, 5.74) is 0.979. The Bertz CT molecular complexity index is 1220. The number of anilines is 2. The summed E-state index contributed by atoms with van der Waals surface area (Å²) in [5, 5.41) is 33.2. The Morgan fingerprint density at radius 1 is 1.29 bits per heavy atom. The van der Waals surface area contributed by atoms with Gasteiger partial charge >= 0.3 is 0 Å². The number of hydrogen-bond donors (Lipinski definition) is 2. The van der Waals surface area contributed by atoms with Crippen molar-refractivity contribution in [3.8, 4) is 11.5 Å². The van der Waals surface area contributed by atoms with E-state index in [4.69, 9.17) is 4.74 Å². The van der Waals surface area contributed by atoms with Gasteiger partial charge in [-0.3, -0.25) is 14.9 Å². The minimum absolute atomic E-state index is 0.261. The largest absolute Gasteiger partial charge is 0.868 e. The zero-order valence-corrected chi connectivity index (χ0v) is 16.5. The molecule has 2 heterocycles. The minimum Gasteiger partial charge on any atom is -0.868 e. The third kappa shape index (κ3) is 3.52. The molecular formula is C20H17N6O5-. The molecule has 4 rings (SSSR count). The van der Waals surface area contributed by atoms with Crippen LogP contribution in [-0.4, -0.2) is 32.7 Å². The summed E-state index contributed by atoms with van der Waals surface area (Å²) in [5.74, 6) is -0.343. The van der Waals surface area contributed by atoms with Gasteiger partial charge in [-0.05, 0) is 30.4 Å². The number of nitro benzene ring substituents is 1. The summed E-state index contributed by atoms with van der Waals surface area (Å²) in [4.78, 5) is 28.0. The molecule has 1 atom stereocenters. The maximum Gasteiger partial charge on any atom is 0.262 e. The van der Waals surface area contributed by atoms with E-state index in [2.05, 4.69) is 20.7 Å². The lowest BCUT2D eigenvalue weighted by Gasteiger charge is -2.29. The SMILES string of the molecule is COc1ccccc1NC(=O)C1=C(C)Nc2ncnn2[C@@H]1c1ccc([O-])c([N+](=O)[O-])c1. The third-order valence-corrected chi connectivity index (χ3v) is 4.89. The lowest BCUT2D eigenvalue weighted by Crippen LogP contribution is -2.31. The number of hydrogen-bond acceptors (Lipinski definition) is 8. The fourth-order valence-electron chi connectivity index (χ4n) is 3.48. The minimum atomic E-state index is -0.840. The first-order chi connectivity index (χ1) is 14.9. The summed E-state index contributed by atoms with van der Waals surface area (Å²) in [7, 11) is 1.49. The van der Waals surface area contributed by atoms with E-state index >= 15 is 0 Å². The molecule has 0 saturated heterocycles. The van der Waals surface area contributed by atoms with Crippen molar-refractivity contribution in [1.29, 1.82) is 0 Å². The van der Waals surface area contributed by atoms with Crippen LogP contribution in [0, 0.1) is 10.1 Å². The number of methoxy groups -OCH3 is 1. The average molecular weight is 421 g/mol. The Labute approximate surface area is 176 Å². The fourth-order valence-corrected chi connectivity index (χ4v) is 3.48. The van der Waals surface area contributed by atoms with Crippen LogP contribution in [0.1, 0.15) is 18.5 Å². The summed E-state index contributed by atoms with van der Waals surface area (Å²) in [6.45, 7) is 1.69. The van der Waals surface area contributed by atoms with E-state index < -0.39 is 28.3 Å². The second-order valence-electron chi connectivity index (χ2n) is 6.73. The van der Waals surface area contributed by atoms with Crippen molar-refractivity contribution < 1.29 is 19.6 Å². The number of nitrogens with zero attached hydrogens (tertiary/aromatic N) is 4. The monoisotopic (exact) mass is 421 g/mol. The van der Waals surface area contributed by atoms with Crippen molar-refractivity contribution in [3.63, 3.8) is 0 Å². The highest BCUT2D eigenvalue weighted by molar-refractivity contribution is 6.06. The predicted octanol–water partition coefficient (Wildman–Crippen LogP) is 2.20. The molecule has 11 nitrogen and oxygen atoms in total. The van der Waals surface area contributed by atoms with Gasteiger partial charge in [0.2, 0.25) is 5.95 Å². The standard InChI is InChI=1S/C20H18N6O5/c1-11-17(19(28)24-13-5-3-4-6-16(13)31-2)18(25-20(23-11)21-10-22-25)12-7-8-15(27)14(9-12)26(29)30/h3-10,18,27H,1-2H3,(H,24,28)(H,21,22,23)/p-1/t18-/m1/s1. The maximum absolute atomic E-state index is 13.3. The molecule has 0 aliphatic carbocycles. The van der Waals surface area contributed by atoms with E-state index in [-0.39, 0.29) is 5.57 Å². The van der Waals surface area contributed by atoms with Crippen LogP contribution in [0.2, 0.25) is 0 Å². The number of nitrogens with one attached hydrogen (secondary N) is 2. The Hall–Kier alpha value is -4.41. The molecule has 1 amide bonds. The summed E-state index contributed by atoms with van der Waals surface area (Å²) >= 11 is 0. The van der Waals surface area contributed by atoms with Crippen molar-refractivity contribution >= 4 is 23.2 Å². The van der Waals surface area contributed by atoms with Crippen LogP contribution in [0.3, 0.4) is 0 Å². The number of nitro groups is 1. The van der Waals surface area contributed by atoms with Crippen molar-refractivity contribution in [2.24, 2.45) is 0 Å². The zero-order chi connectivity index (χ0) is 22.1. The number of para-hydroxylation sites is 2. The van der Waals surface area contributed by atoms with Gasteiger partial charge in [0.15, 0.2) is 0 Å². The van der Waals surface area contributed by atoms with Gasteiger partial charge in [-0.15, -0.1) is 0 Å². The average Bonchev–Trinajstić information content (AvgIpc) is 3.21. The molecule has 0 unspecified atom stereocenters. The molecule has 3 aromatic rings. The first kappa shape index (κ1) is 19.9. The third-order valence-electron chi connectivity index (χ3n) is 4.89. The van der Waals surface area contributed by atoms with Crippen LogP contribution in [0.4, 0.5) is 17.3 Å². The Morgan fingerprint density at radius 2 is 2.06 bits per heavy atom. The van der Waals surface area contributed by atoms with Crippen molar-refractivity contribution in [2.75, 3.05) is 17.7 Å². The molecule has 1 aromatic heterocycles. The number of carbonyl (C=O) groups excluding carboxylic acids is 1. The number of aromatic nitrogens is 3. The molecule has 0 spiro atoms. The van der Waals surface area contributed by atoms with Gasteiger partial charge in [-0.1, -0.05) is 24.3 Å². The molecule has 31 heavy (non-hydrogen) atoms. The smallest absolute Gasteiger partial charge is 0.262 e. The Morgan fingerprint density at radius 3 is 2.81 bits per heavy atom. The highest BCUT2D eigenvalue weighted by atomic mass is 16.6. The van der Waals surface area contributed by atoms with Crippen molar-refractivity contribution in [3.05, 3.63) is 75.7 Å². The summed E-state index contributed by atoms with van der Waals surface area (Å²) in [6, 6.07) is 9.80.